The summed E-state index contributed by atoms with van der Waals surface area (Å²) in [5.41, 5.74) is 1.90. The standard InChI is InChI=1S/C14H14N4O/c1-2-15-9-13-17-14(18-19-13)11-5-6-12-10(8-11)4-3-7-16-12/h3-8,15H,2,9H2,1H3. The lowest BCUT2D eigenvalue weighted by Crippen LogP contribution is -2.11. The molecule has 5 nitrogen and oxygen atoms in total. The molecular weight excluding hydrogens is 240 g/mol. The van der Waals surface area contributed by atoms with Crippen LogP contribution in [0.4, 0.5) is 0 Å². The van der Waals surface area contributed by atoms with Crippen LogP contribution < -0.4 is 5.32 Å². The van der Waals surface area contributed by atoms with Gasteiger partial charge in [0.2, 0.25) is 11.7 Å². The summed E-state index contributed by atoms with van der Waals surface area (Å²) in [4.78, 5) is 8.65. The van der Waals surface area contributed by atoms with E-state index in [9.17, 15) is 0 Å². The van der Waals surface area contributed by atoms with Crippen LogP contribution >= 0.6 is 0 Å². The Morgan fingerprint density at radius 3 is 3.11 bits per heavy atom. The molecule has 0 radical (unpaired) electrons. The molecule has 0 amide bonds. The molecule has 0 unspecified atom stereocenters. The van der Waals surface area contributed by atoms with Gasteiger partial charge in [-0.1, -0.05) is 18.1 Å². The van der Waals surface area contributed by atoms with Crippen molar-refractivity contribution in [1.29, 1.82) is 0 Å². The fraction of sp³-hybridized carbons (Fsp3) is 0.214. The summed E-state index contributed by atoms with van der Waals surface area (Å²) >= 11 is 0. The predicted octanol–water partition coefficient (Wildman–Crippen LogP) is 2.39. The predicted molar refractivity (Wildman–Crippen MR) is 72.4 cm³/mol. The minimum Gasteiger partial charge on any atom is -0.338 e. The Morgan fingerprint density at radius 1 is 1.26 bits per heavy atom. The maximum absolute atomic E-state index is 5.19. The fourth-order valence-corrected chi connectivity index (χ4v) is 1.89. The lowest BCUT2D eigenvalue weighted by atomic mass is 10.1. The van der Waals surface area contributed by atoms with Crippen LogP contribution in [-0.4, -0.2) is 21.7 Å². The van der Waals surface area contributed by atoms with Gasteiger partial charge in [-0.05, 0) is 30.8 Å². The summed E-state index contributed by atoms with van der Waals surface area (Å²) in [5.74, 6) is 1.21. The number of rotatable bonds is 4. The molecule has 0 saturated heterocycles. The smallest absolute Gasteiger partial charge is 0.240 e. The largest absolute Gasteiger partial charge is 0.338 e. The van der Waals surface area contributed by atoms with Gasteiger partial charge in [0.15, 0.2) is 0 Å². The first-order valence-electron chi connectivity index (χ1n) is 6.25. The van der Waals surface area contributed by atoms with E-state index in [0.29, 0.717) is 18.3 Å². The van der Waals surface area contributed by atoms with Gasteiger partial charge in [0.05, 0.1) is 12.1 Å². The van der Waals surface area contributed by atoms with Crippen LogP contribution in [0.3, 0.4) is 0 Å². The van der Waals surface area contributed by atoms with Gasteiger partial charge in [-0.25, -0.2) is 0 Å². The minimum absolute atomic E-state index is 0.596. The molecule has 0 aliphatic carbocycles. The molecule has 0 aliphatic rings. The average Bonchev–Trinajstić information content (AvgIpc) is 2.93. The molecule has 0 fully saturated rings. The van der Waals surface area contributed by atoms with Crippen molar-refractivity contribution in [3.63, 3.8) is 0 Å². The number of fused-ring (bicyclic) bond motifs is 1. The highest BCUT2D eigenvalue weighted by Crippen LogP contribution is 2.21. The molecule has 3 rings (SSSR count). The van der Waals surface area contributed by atoms with Crippen LogP contribution in [0.25, 0.3) is 22.3 Å². The maximum Gasteiger partial charge on any atom is 0.240 e. The third-order valence-electron chi connectivity index (χ3n) is 2.86. The molecule has 5 heteroatoms. The third kappa shape index (κ3) is 2.46. The van der Waals surface area contributed by atoms with Gasteiger partial charge in [-0.15, -0.1) is 0 Å². The summed E-state index contributed by atoms with van der Waals surface area (Å²) in [5, 5.41) is 8.22. The number of benzene rings is 1. The maximum atomic E-state index is 5.19. The first kappa shape index (κ1) is 11.8. The second kappa shape index (κ2) is 5.16. The van der Waals surface area contributed by atoms with Crippen LogP contribution in [0.15, 0.2) is 41.1 Å². The number of aromatic nitrogens is 3. The van der Waals surface area contributed by atoms with E-state index in [0.717, 1.165) is 23.0 Å². The van der Waals surface area contributed by atoms with Gasteiger partial charge in [-0.3, -0.25) is 4.98 Å². The number of hydrogen-bond donors (Lipinski definition) is 1. The molecular formula is C14H14N4O. The lowest BCUT2D eigenvalue weighted by molar-refractivity contribution is 0.369. The van der Waals surface area contributed by atoms with Crippen LogP contribution in [0.2, 0.25) is 0 Å². The molecule has 0 spiro atoms. The molecule has 3 aromatic rings. The van der Waals surface area contributed by atoms with Crippen LogP contribution in [0.1, 0.15) is 12.8 Å². The van der Waals surface area contributed by atoms with Crippen molar-refractivity contribution in [2.75, 3.05) is 6.54 Å². The average molecular weight is 254 g/mol. The van der Waals surface area contributed by atoms with Gasteiger partial charge in [-0.2, -0.15) is 4.98 Å². The van der Waals surface area contributed by atoms with Crippen LogP contribution in [0, 0.1) is 0 Å². The van der Waals surface area contributed by atoms with Crippen LogP contribution in [-0.2, 0) is 6.54 Å². The van der Waals surface area contributed by atoms with Crippen molar-refractivity contribution in [1.82, 2.24) is 20.4 Å². The van der Waals surface area contributed by atoms with E-state index in [1.54, 1.807) is 6.20 Å². The van der Waals surface area contributed by atoms with Gasteiger partial charge in [0.25, 0.3) is 0 Å². The van der Waals surface area contributed by atoms with E-state index in [-0.39, 0.29) is 0 Å². The van der Waals surface area contributed by atoms with Crippen molar-refractivity contribution in [2.45, 2.75) is 13.5 Å². The van der Waals surface area contributed by atoms with Gasteiger partial charge in [0, 0.05) is 17.1 Å². The first-order chi connectivity index (χ1) is 9.36. The number of nitrogens with one attached hydrogen (secondary N) is 1. The topological polar surface area (TPSA) is 63.8 Å². The second-order valence-corrected chi connectivity index (χ2v) is 4.20. The quantitative estimate of drug-likeness (QED) is 0.774. The first-order valence-corrected chi connectivity index (χ1v) is 6.25. The highest BCUT2D eigenvalue weighted by Gasteiger charge is 2.08. The van der Waals surface area contributed by atoms with Crippen molar-refractivity contribution in [2.24, 2.45) is 0 Å². The van der Waals surface area contributed by atoms with E-state index >= 15 is 0 Å². The summed E-state index contributed by atoms with van der Waals surface area (Å²) in [6.45, 7) is 3.51. The molecule has 1 N–H and O–H groups in total. The molecule has 2 aromatic heterocycles. The Morgan fingerprint density at radius 2 is 2.21 bits per heavy atom. The van der Waals surface area contributed by atoms with Gasteiger partial charge < -0.3 is 9.84 Å². The van der Waals surface area contributed by atoms with Gasteiger partial charge in [0.1, 0.15) is 0 Å². The fourth-order valence-electron chi connectivity index (χ4n) is 1.89. The lowest BCUT2D eigenvalue weighted by Gasteiger charge is -1.98. The van der Waals surface area contributed by atoms with Crippen molar-refractivity contribution in [3.05, 3.63) is 42.4 Å². The SMILES string of the molecule is CCNCc1nc(-c2ccc3ncccc3c2)no1. The highest BCUT2D eigenvalue weighted by atomic mass is 16.5. The Bertz CT molecular complexity index is 692. The van der Waals surface area contributed by atoms with Crippen molar-refractivity contribution < 1.29 is 4.52 Å². The molecule has 2 heterocycles. The Kier molecular flexibility index (Phi) is 3.20. The number of nitrogens with zero attached hydrogens (tertiary/aromatic N) is 3. The Balaban J connectivity index is 1.92. The zero-order valence-corrected chi connectivity index (χ0v) is 10.6. The van der Waals surface area contributed by atoms with E-state index in [4.69, 9.17) is 4.52 Å². The van der Waals surface area contributed by atoms with Gasteiger partial charge >= 0.3 is 0 Å². The molecule has 1 aromatic carbocycles. The summed E-state index contributed by atoms with van der Waals surface area (Å²) < 4.78 is 5.19. The van der Waals surface area contributed by atoms with E-state index in [2.05, 4.69) is 20.4 Å². The summed E-state index contributed by atoms with van der Waals surface area (Å²) in [6.07, 6.45) is 1.78. The van der Waals surface area contributed by atoms with Crippen molar-refractivity contribution in [3.8, 4) is 11.4 Å². The molecule has 96 valence electrons. The van der Waals surface area contributed by atoms with Crippen molar-refractivity contribution >= 4 is 10.9 Å². The van der Waals surface area contributed by atoms with Crippen LogP contribution in [0.5, 0.6) is 0 Å². The Labute approximate surface area is 110 Å². The molecule has 0 bridgehead atoms. The number of hydrogen-bond acceptors (Lipinski definition) is 5. The third-order valence-corrected chi connectivity index (χ3v) is 2.86. The zero-order chi connectivity index (χ0) is 13.1. The monoisotopic (exact) mass is 254 g/mol. The van der Waals surface area contributed by atoms with E-state index in [1.165, 1.54) is 0 Å². The molecule has 0 aliphatic heterocycles. The molecule has 19 heavy (non-hydrogen) atoms. The summed E-state index contributed by atoms with van der Waals surface area (Å²) in [7, 11) is 0. The highest BCUT2D eigenvalue weighted by molar-refractivity contribution is 5.82. The normalized spacial score (nSPS) is 11.0. The minimum atomic E-state index is 0.596. The summed E-state index contributed by atoms with van der Waals surface area (Å²) in [6, 6.07) is 9.87. The van der Waals surface area contributed by atoms with E-state index < -0.39 is 0 Å². The number of pyridine rings is 1. The molecule has 0 atom stereocenters. The Hall–Kier alpha value is -2.27. The second-order valence-electron chi connectivity index (χ2n) is 4.20. The zero-order valence-electron chi connectivity index (χ0n) is 10.6. The molecule has 0 saturated carbocycles. The van der Waals surface area contributed by atoms with E-state index in [1.807, 2.05) is 37.3 Å².